The summed E-state index contributed by atoms with van der Waals surface area (Å²) in [5.74, 6) is 1.48. The molecule has 1 saturated carbocycles. The van der Waals surface area contributed by atoms with E-state index in [1.807, 2.05) is 24.4 Å². The Morgan fingerprint density at radius 1 is 1.27 bits per heavy atom. The van der Waals surface area contributed by atoms with E-state index < -0.39 is 0 Å². The average Bonchev–Trinajstić information content (AvgIpc) is 2.31. The van der Waals surface area contributed by atoms with Crippen molar-refractivity contribution in [3.8, 4) is 0 Å². The third-order valence-corrected chi connectivity index (χ3v) is 3.12. The van der Waals surface area contributed by atoms with Crippen molar-refractivity contribution in [1.29, 1.82) is 0 Å². The highest BCUT2D eigenvalue weighted by molar-refractivity contribution is 5.34. The van der Waals surface area contributed by atoms with Crippen LogP contribution in [0, 0.1) is 5.92 Å². The Morgan fingerprint density at radius 3 is 2.67 bits per heavy atom. The molecular formula is C12H18N2O. The van der Waals surface area contributed by atoms with Crippen LogP contribution in [-0.4, -0.2) is 22.7 Å². The van der Waals surface area contributed by atoms with Crippen LogP contribution in [0.4, 0.5) is 5.82 Å². The average molecular weight is 206 g/mol. The molecule has 1 aliphatic rings. The van der Waals surface area contributed by atoms with Crippen LogP contribution in [0.1, 0.15) is 25.7 Å². The molecule has 0 bridgehead atoms. The zero-order valence-corrected chi connectivity index (χ0v) is 8.89. The fourth-order valence-electron chi connectivity index (χ4n) is 2.15. The summed E-state index contributed by atoms with van der Waals surface area (Å²) in [6.07, 6.45) is 6.34. The molecule has 1 fully saturated rings. The second-order valence-electron chi connectivity index (χ2n) is 4.26. The fraction of sp³-hybridized carbons (Fsp3) is 0.583. The van der Waals surface area contributed by atoms with Crippen LogP contribution >= 0.6 is 0 Å². The standard InChI is InChI=1S/C12H18N2O/c15-9-10-4-6-11(7-5-10)14-12-3-1-2-8-13-12/h1-3,8,10-11,15H,4-7,9H2,(H,13,14). The van der Waals surface area contributed by atoms with Gasteiger partial charge in [-0.25, -0.2) is 4.98 Å². The molecule has 0 aliphatic heterocycles. The van der Waals surface area contributed by atoms with E-state index in [1.54, 1.807) is 0 Å². The fourth-order valence-corrected chi connectivity index (χ4v) is 2.15. The van der Waals surface area contributed by atoms with E-state index in [4.69, 9.17) is 5.11 Å². The van der Waals surface area contributed by atoms with Crippen LogP contribution in [0.25, 0.3) is 0 Å². The maximum Gasteiger partial charge on any atom is 0.126 e. The van der Waals surface area contributed by atoms with Crippen molar-refractivity contribution in [2.24, 2.45) is 5.92 Å². The second kappa shape index (κ2) is 5.12. The number of hydrogen-bond donors (Lipinski definition) is 2. The van der Waals surface area contributed by atoms with Gasteiger partial charge in [0.15, 0.2) is 0 Å². The molecular weight excluding hydrogens is 188 g/mol. The minimum atomic E-state index is 0.344. The molecule has 2 rings (SSSR count). The largest absolute Gasteiger partial charge is 0.396 e. The smallest absolute Gasteiger partial charge is 0.126 e. The van der Waals surface area contributed by atoms with Gasteiger partial charge in [-0.15, -0.1) is 0 Å². The maximum absolute atomic E-state index is 9.03. The summed E-state index contributed by atoms with van der Waals surface area (Å²) in [4.78, 5) is 4.25. The third-order valence-electron chi connectivity index (χ3n) is 3.12. The van der Waals surface area contributed by atoms with Crippen molar-refractivity contribution < 1.29 is 5.11 Å². The molecule has 0 amide bonds. The normalized spacial score (nSPS) is 26.2. The summed E-state index contributed by atoms with van der Waals surface area (Å²) in [5, 5.41) is 12.5. The van der Waals surface area contributed by atoms with Gasteiger partial charge in [0.25, 0.3) is 0 Å². The lowest BCUT2D eigenvalue weighted by molar-refractivity contribution is 0.185. The summed E-state index contributed by atoms with van der Waals surface area (Å²) in [6.45, 7) is 0.344. The first-order chi connectivity index (χ1) is 7.38. The van der Waals surface area contributed by atoms with Crippen LogP contribution in [0.3, 0.4) is 0 Å². The first kappa shape index (κ1) is 10.4. The van der Waals surface area contributed by atoms with E-state index >= 15 is 0 Å². The number of anilines is 1. The highest BCUT2D eigenvalue weighted by atomic mass is 16.3. The third kappa shape index (κ3) is 2.93. The van der Waals surface area contributed by atoms with Gasteiger partial charge in [-0.05, 0) is 43.7 Å². The molecule has 0 atom stereocenters. The van der Waals surface area contributed by atoms with Gasteiger partial charge in [0.05, 0.1) is 0 Å². The van der Waals surface area contributed by atoms with Gasteiger partial charge in [0.2, 0.25) is 0 Å². The lowest BCUT2D eigenvalue weighted by Gasteiger charge is -2.28. The molecule has 0 aromatic carbocycles. The first-order valence-corrected chi connectivity index (χ1v) is 5.67. The molecule has 0 saturated heterocycles. The maximum atomic E-state index is 9.03. The first-order valence-electron chi connectivity index (χ1n) is 5.67. The van der Waals surface area contributed by atoms with Crippen LogP contribution in [0.15, 0.2) is 24.4 Å². The van der Waals surface area contributed by atoms with Crippen molar-refractivity contribution in [2.45, 2.75) is 31.7 Å². The highest BCUT2D eigenvalue weighted by Gasteiger charge is 2.20. The van der Waals surface area contributed by atoms with Crippen LogP contribution in [0.2, 0.25) is 0 Å². The summed E-state index contributed by atoms with van der Waals surface area (Å²) < 4.78 is 0. The van der Waals surface area contributed by atoms with Gasteiger partial charge in [0, 0.05) is 18.8 Å². The molecule has 0 spiro atoms. The van der Waals surface area contributed by atoms with Gasteiger partial charge in [-0.3, -0.25) is 0 Å². The predicted molar refractivity (Wildman–Crippen MR) is 60.7 cm³/mol. The molecule has 3 nitrogen and oxygen atoms in total. The number of nitrogens with zero attached hydrogens (tertiary/aromatic N) is 1. The molecule has 3 heteroatoms. The summed E-state index contributed by atoms with van der Waals surface area (Å²) >= 11 is 0. The van der Waals surface area contributed by atoms with Gasteiger partial charge < -0.3 is 10.4 Å². The minimum Gasteiger partial charge on any atom is -0.396 e. The van der Waals surface area contributed by atoms with E-state index in [1.165, 1.54) is 0 Å². The van der Waals surface area contributed by atoms with E-state index in [0.29, 0.717) is 18.6 Å². The van der Waals surface area contributed by atoms with Gasteiger partial charge in [-0.2, -0.15) is 0 Å². The van der Waals surface area contributed by atoms with E-state index in [2.05, 4.69) is 10.3 Å². The van der Waals surface area contributed by atoms with E-state index in [0.717, 1.165) is 31.5 Å². The number of aliphatic hydroxyl groups excluding tert-OH is 1. The van der Waals surface area contributed by atoms with E-state index in [9.17, 15) is 0 Å². The molecule has 1 aromatic heterocycles. The van der Waals surface area contributed by atoms with Gasteiger partial charge >= 0.3 is 0 Å². The minimum absolute atomic E-state index is 0.344. The molecule has 2 N–H and O–H groups in total. The molecule has 15 heavy (non-hydrogen) atoms. The molecule has 82 valence electrons. The van der Waals surface area contributed by atoms with Crippen molar-refractivity contribution in [2.75, 3.05) is 11.9 Å². The van der Waals surface area contributed by atoms with Crippen LogP contribution in [0.5, 0.6) is 0 Å². The number of pyridine rings is 1. The number of aliphatic hydroxyl groups is 1. The molecule has 0 radical (unpaired) electrons. The summed E-state index contributed by atoms with van der Waals surface area (Å²) in [5.41, 5.74) is 0. The quantitative estimate of drug-likeness (QED) is 0.795. The molecule has 1 aliphatic carbocycles. The topological polar surface area (TPSA) is 45.1 Å². The van der Waals surface area contributed by atoms with Gasteiger partial charge in [-0.1, -0.05) is 6.07 Å². The zero-order valence-electron chi connectivity index (χ0n) is 8.89. The Balaban J connectivity index is 1.82. The number of nitrogens with one attached hydrogen (secondary N) is 1. The molecule has 0 unspecified atom stereocenters. The zero-order chi connectivity index (χ0) is 10.5. The van der Waals surface area contributed by atoms with Crippen molar-refractivity contribution in [3.05, 3.63) is 24.4 Å². The van der Waals surface area contributed by atoms with Crippen molar-refractivity contribution in [1.82, 2.24) is 4.98 Å². The van der Waals surface area contributed by atoms with E-state index in [-0.39, 0.29) is 0 Å². The monoisotopic (exact) mass is 206 g/mol. The number of rotatable bonds is 3. The Kier molecular flexibility index (Phi) is 3.56. The van der Waals surface area contributed by atoms with Crippen LogP contribution in [-0.2, 0) is 0 Å². The number of aromatic nitrogens is 1. The van der Waals surface area contributed by atoms with Crippen LogP contribution < -0.4 is 5.32 Å². The SMILES string of the molecule is OCC1CCC(Nc2ccccn2)CC1. The lowest BCUT2D eigenvalue weighted by atomic mass is 9.86. The highest BCUT2D eigenvalue weighted by Crippen LogP contribution is 2.25. The molecule has 1 heterocycles. The Bertz CT molecular complexity index is 281. The number of hydrogen-bond acceptors (Lipinski definition) is 3. The predicted octanol–water partition coefficient (Wildman–Crippen LogP) is 2.04. The Labute approximate surface area is 90.5 Å². The Hall–Kier alpha value is -1.09. The summed E-state index contributed by atoms with van der Waals surface area (Å²) in [6, 6.07) is 6.45. The van der Waals surface area contributed by atoms with Crippen molar-refractivity contribution >= 4 is 5.82 Å². The lowest BCUT2D eigenvalue weighted by Crippen LogP contribution is -2.27. The summed E-state index contributed by atoms with van der Waals surface area (Å²) in [7, 11) is 0. The van der Waals surface area contributed by atoms with Crippen molar-refractivity contribution in [3.63, 3.8) is 0 Å². The Morgan fingerprint density at radius 2 is 2.07 bits per heavy atom. The van der Waals surface area contributed by atoms with Gasteiger partial charge in [0.1, 0.15) is 5.82 Å². The molecule has 1 aromatic rings. The second-order valence-corrected chi connectivity index (χ2v) is 4.26.